The molecule has 180 valence electrons. The number of anilines is 2. The normalized spacial score (nSPS) is 28.3. The average molecular weight is 492 g/mol. The van der Waals surface area contributed by atoms with Crippen molar-refractivity contribution in [2.75, 3.05) is 42.6 Å². The van der Waals surface area contributed by atoms with Gasteiger partial charge in [-0.1, -0.05) is 0 Å². The van der Waals surface area contributed by atoms with Gasteiger partial charge >= 0.3 is 0 Å². The highest BCUT2D eigenvalue weighted by Gasteiger charge is 2.52. The summed E-state index contributed by atoms with van der Waals surface area (Å²) in [6.45, 7) is 0.662. The topological polar surface area (TPSA) is 94.0 Å². The first-order valence-corrected chi connectivity index (χ1v) is 14.2. The van der Waals surface area contributed by atoms with E-state index in [1.165, 1.54) is 54.2 Å². The van der Waals surface area contributed by atoms with Crippen molar-refractivity contribution in [2.45, 2.75) is 48.8 Å². The molecule has 0 radical (unpaired) electrons. The first-order valence-electron chi connectivity index (χ1n) is 11.9. The Morgan fingerprint density at radius 1 is 1.00 bits per heavy atom. The fourth-order valence-corrected chi connectivity index (χ4v) is 9.06. The Labute approximate surface area is 200 Å². The van der Waals surface area contributed by atoms with Crippen LogP contribution in [0.25, 0.3) is 0 Å². The summed E-state index contributed by atoms with van der Waals surface area (Å²) in [4.78, 5) is 6.91. The Hall–Kier alpha value is -1.68. The lowest BCUT2D eigenvalue weighted by Gasteiger charge is -2.56. The SMILES string of the molecule is CN(c1nc(C23CC4CC(CC(C4)C2)C3)cs1)S(=O)(=O)c1ccc(N(CCO)CCO)cc1. The largest absolute Gasteiger partial charge is 0.395 e. The summed E-state index contributed by atoms with van der Waals surface area (Å²) in [6.07, 6.45) is 7.73. The Bertz CT molecular complexity index is 1040. The lowest BCUT2D eigenvalue weighted by atomic mass is 9.49. The van der Waals surface area contributed by atoms with Crippen LogP contribution in [0.4, 0.5) is 10.8 Å². The number of hydrogen-bond donors (Lipinski definition) is 2. The third-order valence-corrected chi connectivity index (χ3v) is 10.7. The molecule has 7 nitrogen and oxygen atoms in total. The molecule has 4 fully saturated rings. The Morgan fingerprint density at radius 3 is 2.06 bits per heavy atom. The maximum atomic E-state index is 13.3. The van der Waals surface area contributed by atoms with E-state index in [2.05, 4.69) is 5.38 Å². The number of thiazole rings is 1. The predicted molar refractivity (Wildman–Crippen MR) is 130 cm³/mol. The van der Waals surface area contributed by atoms with Crippen molar-refractivity contribution in [3.8, 4) is 0 Å². The Kier molecular flexibility index (Phi) is 6.18. The zero-order valence-corrected chi connectivity index (χ0v) is 20.7. The van der Waals surface area contributed by atoms with Gasteiger partial charge in [-0.2, -0.15) is 0 Å². The highest BCUT2D eigenvalue weighted by atomic mass is 32.2. The van der Waals surface area contributed by atoms with Gasteiger partial charge in [0, 0.05) is 36.6 Å². The van der Waals surface area contributed by atoms with E-state index in [9.17, 15) is 18.6 Å². The first-order chi connectivity index (χ1) is 15.8. The molecule has 4 bridgehead atoms. The minimum absolute atomic E-state index is 0.0428. The number of sulfonamides is 1. The summed E-state index contributed by atoms with van der Waals surface area (Å²) in [5.41, 5.74) is 2.01. The summed E-state index contributed by atoms with van der Waals surface area (Å²) >= 11 is 1.42. The monoisotopic (exact) mass is 491 g/mol. The van der Waals surface area contributed by atoms with Crippen LogP contribution < -0.4 is 9.21 Å². The van der Waals surface area contributed by atoms with Gasteiger partial charge in [0.2, 0.25) is 0 Å². The van der Waals surface area contributed by atoms with E-state index in [-0.39, 0.29) is 23.5 Å². The molecular weight excluding hydrogens is 458 g/mol. The molecule has 6 rings (SSSR count). The number of aliphatic hydroxyl groups excluding tert-OH is 2. The van der Waals surface area contributed by atoms with Gasteiger partial charge in [0.25, 0.3) is 10.0 Å². The van der Waals surface area contributed by atoms with Gasteiger partial charge in [-0.25, -0.2) is 17.7 Å². The summed E-state index contributed by atoms with van der Waals surface area (Å²) in [5.74, 6) is 2.45. The van der Waals surface area contributed by atoms with Crippen LogP contribution >= 0.6 is 11.3 Å². The molecule has 2 N–H and O–H groups in total. The second-order valence-corrected chi connectivity index (χ2v) is 12.9. The molecule has 4 aliphatic carbocycles. The van der Waals surface area contributed by atoms with E-state index in [0.29, 0.717) is 18.2 Å². The molecule has 0 unspecified atom stereocenters. The summed E-state index contributed by atoms with van der Waals surface area (Å²) in [7, 11) is -2.16. The molecule has 1 heterocycles. The van der Waals surface area contributed by atoms with Crippen molar-refractivity contribution < 1.29 is 18.6 Å². The number of benzene rings is 1. The number of aliphatic hydroxyl groups is 2. The van der Waals surface area contributed by atoms with Crippen LogP contribution in [0.5, 0.6) is 0 Å². The van der Waals surface area contributed by atoms with E-state index < -0.39 is 10.0 Å². The van der Waals surface area contributed by atoms with Crippen molar-refractivity contribution in [3.05, 3.63) is 35.3 Å². The zero-order chi connectivity index (χ0) is 23.2. The first kappa shape index (κ1) is 23.1. The minimum atomic E-state index is -3.74. The predicted octanol–water partition coefficient (Wildman–Crippen LogP) is 3.23. The molecule has 33 heavy (non-hydrogen) atoms. The molecule has 0 saturated heterocycles. The molecule has 0 spiro atoms. The molecule has 4 saturated carbocycles. The fraction of sp³-hybridized carbons (Fsp3) is 0.625. The lowest BCUT2D eigenvalue weighted by molar-refractivity contribution is -0.00689. The third kappa shape index (κ3) is 4.17. The van der Waals surface area contributed by atoms with Crippen LogP contribution in [-0.4, -0.2) is 57.0 Å². The van der Waals surface area contributed by atoms with Crippen molar-refractivity contribution in [3.63, 3.8) is 0 Å². The van der Waals surface area contributed by atoms with Crippen LogP contribution in [0.2, 0.25) is 0 Å². The van der Waals surface area contributed by atoms with E-state index in [0.717, 1.165) is 29.1 Å². The van der Waals surface area contributed by atoms with E-state index in [1.807, 2.05) is 4.90 Å². The van der Waals surface area contributed by atoms with Crippen molar-refractivity contribution in [1.82, 2.24) is 4.98 Å². The van der Waals surface area contributed by atoms with Crippen molar-refractivity contribution >= 4 is 32.2 Å². The highest BCUT2D eigenvalue weighted by molar-refractivity contribution is 7.93. The van der Waals surface area contributed by atoms with Crippen LogP contribution in [0.3, 0.4) is 0 Å². The molecule has 4 aliphatic rings. The summed E-state index contributed by atoms with van der Waals surface area (Å²) in [5, 5.41) is 21.1. The van der Waals surface area contributed by atoms with Crippen molar-refractivity contribution in [2.24, 2.45) is 17.8 Å². The van der Waals surface area contributed by atoms with Crippen LogP contribution in [0.1, 0.15) is 44.2 Å². The molecular formula is C24H33N3O4S2. The smallest absolute Gasteiger partial charge is 0.265 e. The van der Waals surface area contributed by atoms with Gasteiger partial charge in [0.1, 0.15) is 0 Å². The molecule has 1 aromatic carbocycles. The third-order valence-electron chi connectivity index (χ3n) is 7.94. The van der Waals surface area contributed by atoms with Crippen LogP contribution in [-0.2, 0) is 15.4 Å². The number of hydrogen-bond acceptors (Lipinski definition) is 7. The zero-order valence-electron chi connectivity index (χ0n) is 19.1. The molecule has 0 amide bonds. The molecule has 0 atom stereocenters. The summed E-state index contributed by atoms with van der Waals surface area (Å²) in [6, 6.07) is 6.59. The van der Waals surface area contributed by atoms with Gasteiger partial charge in [-0.3, -0.25) is 0 Å². The fourth-order valence-electron chi connectivity index (χ4n) is 6.78. The van der Waals surface area contributed by atoms with E-state index >= 15 is 0 Å². The van der Waals surface area contributed by atoms with Gasteiger partial charge in [-0.05, 0) is 80.5 Å². The number of aromatic nitrogens is 1. The van der Waals surface area contributed by atoms with Gasteiger partial charge < -0.3 is 15.1 Å². The van der Waals surface area contributed by atoms with Gasteiger partial charge in [-0.15, -0.1) is 11.3 Å². The maximum Gasteiger partial charge on any atom is 0.265 e. The quantitative estimate of drug-likeness (QED) is 0.559. The summed E-state index contributed by atoms with van der Waals surface area (Å²) < 4.78 is 27.9. The van der Waals surface area contributed by atoms with Crippen LogP contribution in [0.15, 0.2) is 34.5 Å². The standard InChI is InChI=1S/C24H33N3O4S2/c1-26(33(30,31)21-4-2-20(3-5-21)27(6-8-28)7-9-29)23-25-22(16-32-23)24-13-17-10-18(14-24)12-19(11-17)15-24/h2-5,16-19,28-29H,6-15H2,1H3. The molecule has 2 aromatic rings. The minimum Gasteiger partial charge on any atom is -0.395 e. The number of rotatable bonds is 9. The highest BCUT2D eigenvalue weighted by Crippen LogP contribution is 2.60. The van der Waals surface area contributed by atoms with Gasteiger partial charge in [0.15, 0.2) is 5.13 Å². The van der Waals surface area contributed by atoms with Gasteiger partial charge in [0.05, 0.1) is 23.8 Å². The molecule has 1 aromatic heterocycles. The molecule has 0 aliphatic heterocycles. The second kappa shape index (κ2) is 8.83. The maximum absolute atomic E-state index is 13.3. The Morgan fingerprint density at radius 2 is 1.55 bits per heavy atom. The number of nitrogens with zero attached hydrogens (tertiary/aromatic N) is 3. The van der Waals surface area contributed by atoms with E-state index in [1.54, 1.807) is 31.3 Å². The van der Waals surface area contributed by atoms with E-state index in [4.69, 9.17) is 4.98 Å². The van der Waals surface area contributed by atoms with Crippen molar-refractivity contribution in [1.29, 1.82) is 0 Å². The average Bonchev–Trinajstić information content (AvgIpc) is 3.29. The second-order valence-electron chi connectivity index (χ2n) is 10.1. The Balaban J connectivity index is 1.35. The molecule has 9 heteroatoms. The van der Waals surface area contributed by atoms with Crippen LogP contribution in [0, 0.1) is 17.8 Å². The lowest BCUT2D eigenvalue weighted by Crippen LogP contribution is -2.48.